The summed E-state index contributed by atoms with van der Waals surface area (Å²) < 4.78 is 0. The molecule has 1 fully saturated rings. The molecule has 104 valence electrons. The molecule has 19 heavy (non-hydrogen) atoms. The van der Waals surface area contributed by atoms with Crippen molar-refractivity contribution in [2.45, 2.75) is 39.8 Å². The Bertz CT molecular complexity index is 457. The number of amidine groups is 1. The molecule has 0 aromatic carbocycles. The number of piperidine rings is 1. The van der Waals surface area contributed by atoms with E-state index < -0.39 is 0 Å². The number of nitrogens with two attached hydrogens (primary N) is 1. The number of rotatable bonds is 3. The average molecular weight is 260 g/mol. The number of nitrogen functional groups attached to an aromatic ring is 1. The molecular weight excluding hydrogens is 236 g/mol. The Morgan fingerprint density at radius 3 is 2.89 bits per heavy atom. The smallest absolute Gasteiger partial charge is 0.141 e. The molecule has 1 aromatic rings. The Hall–Kier alpha value is -1.42. The van der Waals surface area contributed by atoms with E-state index in [0.29, 0.717) is 11.7 Å². The summed E-state index contributed by atoms with van der Waals surface area (Å²) in [6, 6.07) is 4.55. The molecule has 3 unspecified atom stereocenters. The van der Waals surface area contributed by atoms with Gasteiger partial charge < -0.3 is 5.73 Å². The molecule has 0 radical (unpaired) electrons. The van der Waals surface area contributed by atoms with Crippen LogP contribution >= 0.6 is 0 Å². The lowest BCUT2D eigenvalue weighted by Gasteiger charge is -2.41. The first-order chi connectivity index (χ1) is 8.97. The molecule has 3 atom stereocenters. The highest BCUT2D eigenvalue weighted by atomic mass is 15.2. The van der Waals surface area contributed by atoms with Gasteiger partial charge in [-0.3, -0.25) is 15.3 Å². The van der Waals surface area contributed by atoms with Crippen molar-refractivity contribution < 1.29 is 0 Å². The molecule has 0 amide bonds. The van der Waals surface area contributed by atoms with Gasteiger partial charge in [-0.15, -0.1) is 0 Å². The van der Waals surface area contributed by atoms with Crippen molar-refractivity contribution in [2.75, 3.05) is 6.54 Å². The van der Waals surface area contributed by atoms with E-state index >= 15 is 0 Å². The molecule has 1 aliphatic rings. The van der Waals surface area contributed by atoms with Crippen molar-refractivity contribution in [3.8, 4) is 0 Å². The van der Waals surface area contributed by atoms with Crippen LogP contribution in [0.1, 0.15) is 38.4 Å². The minimum atomic E-state index is 0.0373. The van der Waals surface area contributed by atoms with Crippen LogP contribution in [0.3, 0.4) is 0 Å². The minimum absolute atomic E-state index is 0.0373. The zero-order chi connectivity index (χ0) is 14.0. The van der Waals surface area contributed by atoms with Crippen LogP contribution < -0.4 is 5.73 Å². The maximum atomic E-state index is 7.46. The zero-order valence-corrected chi connectivity index (χ0v) is 12.1. The molecule has 0 spiro atoms. The third kappa shape index (κ3) is 3.32. The first-order valence-corrected chi connectivity index (χ1v) is 7.00. The molecule has 0 saturated carbocycles. The molecule has 4 nitrogen and oxygen atoms in total. The summed E-state index contributed by atoms with van der Waals surface area (Å²) in [7, 11) is 0. The zero-order valence-electron chi connectivity index (χ0n) is 12.1. The SMILES string of the molecule is CC1CC(C)C(C)N(Cc2ccnc(C(=N)N)c2)C1. The third-order valence-electron chi connectivity index (χ3n) is 4.21. The van der Waals surface area contributed by atoms with Crippen LogP contribution in [0.5, 0.6) is 0 Å². The summed E-state index contributed by atoms with van der Waals surface area (Å²) in [5.74, 6) is 1.52. The van der Waals surface area contributed by atoms with Crippen molar-refractivity contribution in [2.24, 2.45) is 17.6 Å². The maximum Gasteiger partial charge on any atom is 0.141 e. The summed E-state index contributed by atoms with van der Waals surface area (Å²) in [6.45, 7) is 9.02. The lowest BCUT2D eigenvalue weighted by molar-refractivity contribution is 0.0729. The molecule has 1 aromatic heterocycles. The van der Waals surface area contributed by atoms with Crippen LogP contribution in [-0.2, 0) is 6.54 Å². The van der Waals surface area contributed by atoms with E-state index in [1.165, 1.54) is 12.0 Å². The van der Waals surface area contributed by atoms with Gasteiger partial charge in [0.1, 0.15) is 11.5 Å². The van der Waals surface area contributed by atoms with Crippen molar-refractivity contribution in [3.05, 3.63) is 29.6 Å². The highest BCUT2D eigenvalue weighted by Gasteiger charge is 2.28. The number of pyridine rings is 1. The quantitative estimate of drug-likeness (QED) is 0.647. The fourth-order valence-corrected chi connectivity index (χ4v) is 3.00. The van der Waals surface area contributed by atoms with Gasteiger partial charge in [-0.1, -0.05) is 13.8 Å². The Kier molecular flexibility index (Phi) is 4.20. The number of likely N-dealkylation sites (tertiary alicyclic amines) is 1. The lowest BCUT2D eigenvalue weighted by atomic mass is 9.86. The highest BCUT2D eigenvalue weighted by Crippen LogP contribution is 2.28. The second-order valence-electron chi connectivity index (χ2n) is 5.95. The lowest BCUT2D eigenvalue weighted by Crippen LogP contribution is -2.45. The number of hydrogen-bond acceptors (Lipinski definition) is 3. The van der Waals surface area contributed by atoms with E-state index in [1.807, 2.05) is 12.1 Å². The highest BCUT2D eigenvalue weighted by molar-refractivity contribution is 5.93. The number of aromatic nitrogens is 1. The summed E-state index contributed by atoms with van der Waals surface area (Å²) >= 11 is 0. The topological polar surface area (TPSA) is 66.0 Å². The van der Waals surface area contributed by atoms with Crippen LogP contribution in [0.4, 0.5) is 0 Å². The van der Waals surface area contributed by atoms with Gasteiger partial charge in [-0.2, -0.15) is 0 Å². The predicted octanol–water partition coefficient (Wildman–Crippen LogP) is 2.23. The minimum Gasteiger partial charge on any atom is -0.382 e. The fraction of sp³-hybridized carbons (Fsp3) is 0.600. The van der Waals surface area contributed by atoms with Crippen molar-refractivity contribution in [1.82, 2.24) is 9.88 Å². The van der Waals surface area contributed by atoms with Crippen molar-refractivity contribution in [3.63, 3.8) is 0 Å². The summed E-state index contributed by atoms with van der Waals surface area (Å²) in [5, 5.41) is 7.46. The van der Waals surface area contributed by atoms with Gasteiger partial charge >= 0.3 is 0 Å². The van der Waals surface area contributed by atoms with E-state index in [1.54, 1.807) is 6.20 Å². The van der Waals surface area contributed by atoms with Crippen LogP contribution in [0.25, 0.3) is 0 Å². The molecule has 2 heterocycles. The molecular formula is C15H24N4. The number of nitrogens with one attached hydrogen (secondary N) is 1. The maximum absolute atomic E-state index is 7.46. The van der Waals surface area contributed by atoms with Gasteiger partial charge in [0.2, 0.25) is 0 Å². The second-order valence-corrected chi connectivity index (χ2v) is 5.95. The first kappa shape index (κ1) is 14.0. The summed E-state index contributed by atoms with van der Waals surface area (Å²) in [5.41, 5.74) is 7.26. The van der Waals surface area contributed by atoms with E-state index in [0.717, 1.165) is 24.9 Å². The molecule has 0 aliphatic carbocycles. The molecule has 4 heteroatoms. The van der Waals surface area contributed by atoms with Crippen LogP contribution in [0.15, 0.2) is 18.3 Å². The van der Waals surface area contributed by atoms with Gasteiger partial charge in [-0.25, -0.2) is 0 Å². The second kappa shape index (κ2) is 5.70. The van der Waals surface area contributed by atoms with Gasteiger partial charge in [-0.05, 0) is 42.9 Å². The normalized spacial score (nSPS) is 28.3. The molecule has 0 bridgehead atoms. The Morgan fingerprint density at radius 1 is 1.47 bits per heavy atom. The van der Waals surface area contributed by atoms with Gasteiger partial charge in [0.05, 0.1) is 0 Å². The first-order valence-electron chi connectivity index (χ1n) is 7.00. The standard InChI is InChI=1S/C15H24N4/c1-10-6-11(2)12(3)19(8-10)9-13-4-5-18-14(7-13)15(16)17/h4-5,7,10-12H,6,8-9H2,1-3H3,(H3,16,17). The van der Waals surface area contributed by atoms with Crippen LogP contribution in [-0.4, -0.2) is 28.3 Å². The summed E-state index contributed by atoms with van der Waals surface area (Å²) in [6.07, 6.45) is 3.06. The molecule has 2 rings (SSSR count). The third-order valence-corrected chi connectivity index (χ3v) is 4.21. The average Bonchev–Trinajstić information content (AvgIpc) is 2.35. The van der Waals surface area contributed by atoms with E-state index in [9.17, 15) is 0 Å². The van der Waals surface area contributed by atoms with Gasteiger partial charge in [0.15, 0.2) is 0 Å². The van der Waals surface area contributed by atoms with Crippen LogP contribution in [0, 0.1) is 17.2 Å². The van der Waals surface area contributed by atoms with E-state index in [2.05, 4.69) is 30.7 Å². The van der Waals surface area contributed by atoms with Gasteiger partial charge in [0.25, 0.3) is 0 Å². The summed E-state index contributed by atoms with van der Waals surface area (Å²) in [4.78, 5) is 6.64. The monoisotopic (exact) mass is 260 g/mol. The van der Waals surface area contributed by atoms with E-state index in [4.69, 9.17) is 11.1 Å². The van der Waals surface area contributed by atoms with Crippen molar-refractivity contribution in [1.29, 1.82) is 5.41 Å². The Morgan fingerprint density at radius 2 is 2.21 bits per heavy atom. The largest absolute Gasteiger partial charge is 0.382 e. The number of hydrogen-bond donors (Lipinski definition) is 2. The fourth-order valence-electron chi connectivity index (χ4n) is 3.00. The Balaban J connectivity index is 2.11. The van der Waals surface area contributed by atoms with Crippen molar-refractivity contribution >= 4 is 5.84 Å². The van der Waals surface area contributed by atoms with Crippen LogP contribution in [0.2, 0.25) is 0 Å². The predicted molar refractivity (Wildman–Crippen MR) is 78.1 cm³/mol. The molecule has 1 saturated heterocycles. The Labute approximate surface area is 115 Å². The molecule has 3 N–H and O–H groups in total. The van der Waals surface area contributed by atoms with E-state index in [-0.39, 0.29) is 5.84 Å². The van der Waals surface area contributed by atoms with Gasteiger partial charge in [0, 0.05) is 25.3 Å². The molecule has 1 aliphatic heterocycles. The number of nitrogens with zero attached hydrogens (tertiary/aromatic N) is 2.